The average molecular weight is 317 g/mol. The molecule has 0 bridgehead atoms. The van der Waals surface area contributed by atoms with Crippen LogP contribution in [0.3, 0.4) is 0 Å². The van der Waals surface area contributed by atoms with Crippen molar-refractivity contribution in [3.8, 4) is 11.3 Å². The third kappa shape index (κ3) is 3.88. The van der Waals surface area contributed by atoms with Crippen molar-refractivity contribution in [1.82, 2.24) is 10.3 Å². The van der Waals surface area contributed by atoms with Gasteiger partial charge in [-0.25, -0.2) is 9.78 Å². The molecule has 2 aromatic rings. The summed E-state index contributed by atoms with van der Waals surface area (Å²) < 4.78 is 10.1. The Kier molecular flexibility index (Phi) is 5.00. The van der Waals surface area contributed by atoms with Crippen LogP contribution < -0.4 is 11.1 Å². The predicted molar refractivity (Wildman–Crippen MR) is 84.5 cm³/mol. The number of carbonyl (C=O) groups is 2. The van der Waals surface area contributed by atoms with Crippen LogP contribution in [0.1, 0.15) is 24.5 Å². The maximum absolute atomic E-state index is 12.2. The Labute approximate surface area is 133 Å². The quantitative estimate of drug-likeness (QED) is 0.643. The molecule has 1 aromatic heterocycles. The van der Waals surface area contributed by atoms with E-state index in [0.29, 0.717) is 11.4 Å². The minimum Gasteiger partial charge on any atom is -0.467 e. The third-order valence-electron chi connectivity index (χ3n) is 3.30. The van der Waals surface area contributed by atoms with E-state index in [4.69, 9.17) is 10.2 Å². The fraction of sp³-hybridized carbons (Fsp3) is 0.312. The topological polar surface area (TPSA) is 107 Å². The molecular weight excluding hydrogens is 298 g/mol. The van der Waals surface area contributed by atoms with E-state index in [2.05, 4.69) is 15.0 Å². The number of nitrogens with zero attached hydrogens (tertiary/aromatic N) is 1. The molecular formula is C16H19N3O4. The van der Waals surface area contributed by atoms with E-state index in [1.165, 1.54) is 13.3 Å². The largest absolute Gasteiger partial charge is 0.467 e. The predicted octanol–water partition coefficient (Wildman–Crippen LogP) is 1.85. The lowest BCUT2D eigenvalue weighted by Crippen LogP contribution is -2.45. The number of benzene rings is 1. The minimum atomic E-state index is -0.764. The summed E-state index contributed by atoms with van der Waals surface area (Å²) in [7, 11) is 1.27. The van der Waals surface area contributed by atoms with Crippen LogP contribution in [0, 0.1) is 5.92 Å². The molecule has 1 heterocycles. The van der Waals surface area contributed by atoms with E-state index in [9.17, 15) is 9.59 Å². The molecule has 0 aliphatic rings. The number of hydrogen-bond acceptors (Lipinski definition) is 6. The smallest absolute Gasteiger partial charge is 0.328 e. The second kappa shape index (κ2) is 6.95. The lowest BCUT2D eigenvalue weighted by molar-refractivity contribution is -0.144. The zero-order chi connectivity index (χ0) is 17.0. The summed E-state index contributed by atoms with van der Waals surface area (Å²) in [5.41, 5.74) is 7.01. The number of ether oxygens (including phenoxy) is 1. The highest BCUT2D eigenvalue weighted by Gasteiger charge is 2.27. The Morgan fingerprint density at radius 3 is 2.48 bits per heavy atom. The normalized spacial score (nSPS) is 12.0. The van der Waals surface area contributed by atoms with Gasteiger partial charge < -0.3 is 20.2 Å². The van der Waals surface area contributed by atoms with E-state index >= 15 is 0 Å². The van der Waals surface area contributed by atoms with Gasteiger partial charge in [0.05, 0.1) is 13.3 Å². The van der Waals surface area contributed by atoms with Gasteiger partial charge in [0.2, 0.25) is 0 Å². The average Bonchev–Trinajstić information content (AvgIpc) is 3.02. The van der Waals surface area contributed by atoms with Gasteiger partial charge in [0.25, 0.3) is 5.89 Å². The number of carbonyl (C=O) groups excluding carboxylic acids is 2. The van der Waals surface area contributed by atoms with E-state index < -0.39 is 17.9 Å². The van der Waals surface area contributed by atoms with Gasteiger partial charge in [-0.05, 0) is 30.2 Å². The highest BCUT2D eigenvalue weighted by atomic mass is 16.5. The minimum absolute atomic E-state index is 0.119. The zero-order valence-electron chi connectivity index (χ0n) is 13.2. The van der Waals surface area contributed by atoms with Gasteiger partial charge in [0, 0.05) is 11.3 Å². The van der Waals surface area contributed by atoms with E-state index in [0.717, 1.165) is 5.56 Å². The standard InChI is InChI=1S/C16H19N3O4/c1-9(2)13(16(21)22-3)19-14(20)15-18-8-12(23-15)10-4-6-11(17)7-5-10/h4-9,13H,17H2,1-3H3,(H,19,20)/t13-/m0/s1. The number of anilines is 1. The van der Waals surface area contributed by atoms with Crippen LogP contribution >= 0.6 is 0 Å². The molecule has 7 heteroatoms. The van der Waals surface area contributed by atoms with Gasteiger partial charge in [0.1, 0.15) is 6.04 Å². The van der Waals surface area contributed by atoms with Gasteiger partial charge in [-0.1, -0.05) is 13.8 Å². The second-order valence-electron chi connectivity index (χ2n) is 5.37. The van der Waals surface area contributed by atoms with Crippen molar-refractivity contribution >= 4 is 17.6 Å². The van der Waals surface area contributed by atoms with Crippen LogP contribution in [0.15, 0.2) is 34.9 Å². The van der Waals surface area contributed by atoms with Crippen LogP contribution in [0.2, 0.25) is 0 Å². The summed E-state index contributed by atoms with van der Waals surface area (Å²) in [6.45, 7) is 3.61. The number of amides is 1. The van der Waals surface area contributed by atoms with E-state index in [1.807, 2.05) is 0 Å². The fourth-order valence-corrected chi connectivity index (χ4v) is 1.99. The Bertz CT molecular complexity index is 692. The van der Waals surface area contributed by atoms with Crippen molar-refractivity contribution in [1.29, 1.82) is 0 Å². The summed E-state index contributed by atoms with van der Waals surface area (Å²) >= 11 is 0. The maximum atomic E-state index is 12.2. The lowest BCUT2D eigenvalue weighted by Gasteiger charge is -2.18. The molecule has 7 nitrogen and oxygen atoms in total. The number of nitrogen functional groups attached to an aromatic ring is 1. The number of nitrogens with two attached hydrogens (primary N) is 1. The van der Waals surface area contributed by atoms with Crippen molar-refractivity contribution in [3.05, 3.63) is 36.4 Å². The van der Waals surface area contributed by atoms with Crippen molar-refractivity contribution in [2.75, 3.05) is 12.8 Å². The summed E-state index contributed by atoms with van der Waals surface area (Å²) in [4.78, 5) is 27.8. The molecule has 0 saturated heterocycles. The van der Waals surface area contributed by atoms with Gasteiger partial charge >= 0.3 is 11.9 Å². The monoisotopic (exact) mass is 317 g/mol. The number of oxazole rings is 1. The Morgan fingerprint density at radius 2 is 1.91 bits per heavy atom. The van der Waals surface area contributed by atoms with Gasteiger partial charge in [-0.2, -0.15) is 0 Å². The Hall–Kier alpha value is -2.83. The molecule has 23 heavy (non-hydrogen) atoms. The molecule has 1 atom stereocenters. The molecule has 0 aliphatic heterocycles. The molecule has 0 fully saturated rings. The van der Waals surface area contributed by atoms with Crippen LogP contribution in [-0.4, -0.2) is 30.0 Å². The van der Waals surface area contributed by atoms with Crippen molar-refractivity contribution in [2.24, 2.45) is 5.92 Å². The first-order chi connectivity index (χ1) is 10.9. The number of methoxy groups -OCH3 is 1. The van der Waals surface area contributed by atoms with Crippen molar-refractivity contribution in [2.45, 2.75) is 19.9 Å². The maximum Gasteiger partial charge on any atom is 0.328 e. The second-order valence-corrected chi connectivity index (χ2v) is 5.37. The van der Waals surface area contributed by atoms with Crippen LogP contribution in [0.25, 0.3) is 11.3 Å². The summed E-state index contributed by atoms with van der Waals surface area (Å²) in [5, 5.41) is 2.57. The van der Waals surface area contributed by atoms with Crippen molar-refractivity contribution in [3.63, 3.8) is 0 Å². The molecule has 122 valence electrons. The summed E-state index contributed by atoms with van der Waals surface area (Å²) in [5.74, 6) is -0.895. The molecule has 2 rings (SSSR count). The third-order valence-corrected chi connectivity index (χ3v) is 3.30. The summed E-state index contributed by atoms with van der Waals surface area (Å²) in [6.07, 6.45) is 1.45. The highest BCUT2D eigenvalue weighted by Crippen LogP contribution is 2.21. The molecule has 0 unspecified atom stereocenters. The van der Waals surface area contributed by atoms with E-state index in [-0.39, 0.29) is 11.8 Å². The number of rotatable bonds is 5. The lowest BCUT2D eigenvalue weighted by atomic mass is 10.0. The SMILES string of the molecule is COC(=O)[C@@H](NC(=O)c1ncc(-c2ccc(N)cc2)o1)C(C)C. The Morgan fingerprint density at radius 1 is 1.26 bits per heavy atom. The first-order valence-electron chi connectivity index (χ1n) is 7.12. The van der Waals surface area contributed by atoms with Gasteiger partial charge in [-0.15, -0.1) is 0 Å². The number of esters is 1. The number of nitrogens with one attached hydrogen (secondary N) is 1. The first-order valence-corrected chi connectivity index (χ1v) is 7.12. The van der Waals surface area contributed by atoms with E-state index in [1.54, 1.807) is 38.1 Å². The number of hydrogen-bond donors (Lipinski definition) is 2. The molecule has 0 saturated carbocycles. The summed E-state index contributed by atoms with van der Waals surface area (Å²) in [6, 6.07) is 6.22. The zero-order valence-corrected chi connectivity index (χ0v) is 13.2. The van der Waals surface area contributed by atoms with Crippen LogP contribution in [-0.2, 0) is 9.53 Å². The highest BCUT2D eigenvalue weighted by molar-refractivity contribution is 5.93. The molecule has 0 aliphatic carbocycles. The van der Waals surface area contributed by atoms with Gasteiger partial charge in [-0.3, -0.25) is 4.79 Å². The van der Waals surface area contributed by atoms with Crippen molar-refractivity contribution < 1.29 is 18.7 Å². The number of aromatic nitrogens is 1. The van der Waals surface area contributed by atoms with Crippen LogP contribution in [0.5, 0.6) is 0 Å². The fourth-order valence-electron chi connectivity index (χ4n) is 1.99. The van der Waals surface area contributed by atoms with Crippen LogP contribution in [0.4, 0.5) is 5.69 Å². The molecule has 1 aromatic carbocycles. The molecule has 0 radical (unpaired) electrons. The molecule has 1 amide bonds. The molecule has 3 N–H and O–H groups in total. The Balaban J connectivity index is 2.14. The molecule has 0 spiro atoms. The first kappa shape index (κ1) is 16.5. The van der Waals surface area contributed by atoms with Gasteiger partial charge in [0.15, 0.2) is 5.76 Å².